The third-order valence-electron chi connectivity index (χ3n) is 5.18. The molecular formula is C19H21FN4O2. The molecule has 1 aromatic heterocycles. The number of rotatable bonds is 3. The van der Waals surface area contributed by atoms with Gasteiger partial charge in [0.05, 0.1) is 6.42 Å². The van der Waals surface area contributed by atoms with E-state index in [4.69, 9.17) is 0 Å². The highest BCUT2D eigenvalue weighted by atomic mass is 19.1. The van der Waals surface area contributed by atoms with Gasteiger partial charge in [0.25, 0.3) is 5.91 Å². The van der Waals surface area contributed by atoms with Crippen LogP contribution in [0, 0.1) is 5.82 Å². The van der Waals surface area contributed by atoms with Crippen molar-refractivity contribution in [3.05, 3.63) is 52.6 Å². The average molecular weight is 356 g/mol. The van der Waals surface area contributed by atoms with E-state index in [0.717, 1.165) is 37.2 Å². The highest BCUT2D eigenvalue weighted by Crippen LogP contribution is 2.23. The normalized spacial score (nSPS) is 16.7. The molecule has 3 heterocycles. The summed E-state index contributed by atoms with van der Waals surface area (Å²) in [6, 6.07) is 6.32. The number of hydrogen-bond acceptors (Lipinski definition) is 3. The van der Waals surface area contributed by atoms with Crippen molar-refractivity contribution in [1.82, 2.24) is 20.0 Å². The molecule has 1 saturated heterocycles. The largest absolute Gasteiger partial charge is 0.338 e. The second-order valence-corrected chi connectivity index (χ2v) is 6.86. The Morgan fingerprint density at radius 2 is 1.88 bits per heavy atom. The van der Waals surface area contributed by atoms with Crippen molar-refractivity contribution in [2.24, 2.45) is 0 Å². The van der Waals surface area contributed by atoms with E-state index in [0.29, 0.717) is 30.8 Å². The molecule has 1 fully saturated rings. The van der Waals surface area contributed by atoms with E-state index >= 15 is 0 Å². The fraction of sp³-hybridized carbons (Fsp3) is 0.421. The molecule has 136 valence electrons. The zero-order chi connectivity index (χ0) is 18.1. The molecule has 0 spiro atoms. The molecule has 0 unspecified atom stereocenters. The van der Waals surface area contributed by atoms with Crippen LogP contribution < -0.4 is 0 Å². The van der Waals surface area contributed by atoms with E-state index in [1.807, 2.05) is 4.90 Å². The fourth-order valence-electron chi connectivity index (χ4n) is 3.67. The van der Waals surface area contributed by atoms with Crippen molar-refractivity contribution in [1.29, 1.82) is 0 Å². The number of carbonyl (C=O) groups excluding carboxylic acids is 2. The Kier molecular flexibility index (Phi) is 4.44. The summed E-state index contributed by atoms with van der Waals surface area (Å²) in [5.74, 6) is -0.573. The molecule has 0 radical (unpaired) electrons. The highest BCUT2D eigenvalue weighted by Gasteiger charge is 2.30. The minimum atomic E-state index is -0.369. The molecule has 2 aliphatic heterocycles. The van der Waals surface area contributed by atoms with Gasteiger partial charge in [-0.05, 0) is 24.5 Å². The molecular weight excluding hydrogens is 335 g/mol. The zero-order valence-corrected chi connectivity index (χ0v) is 14.5. The maximum Gasteiger partial charge on any atom is 0.274 e. The molecule has 0 bridgehead atoms. The smallest absolute Gasteiger partial charge is 0.274 e. The van der Waals surface area contributed by atoms with Gasteiger partial charge in [-0.2, -0.15) is 5.10 Å². The standard InChI is InChI=1S/C19H21FN4O2/c20-15-6-2-1-5-13(15)11-17(25)24-10-7-16-14(12-24)18(22-21-16)19(26)23-8-3-4-9-23/h1-2,5-6H,3-4,7-12H2,(H,21,22). The second kappa shape index (κ2) is 6.90. The maximum atomic E-state index is 13.8. The number of aromatic amines is 1. The molecule has 2 aromatic rings. The van der Waals surface area contributed by atoms with Crippen molar-refractivity contribution in [2.75, 3.05) is 19.6 Å². The van der Waals surface area contributed by atoms with Crippen LogP contribution in [0.5, 0.6) is 0 Å². The lowest BCUT2D eigenvalue weighted by Crippen LogP contribution is -2.38. The van der Waals surface area contributed by atoms with Crippen molar-refractivity contribution < 1.29 is 14.0 Å². The van der Waals surface area contributed by atoms with Crippen LogP contribution in [0.15, 0.2) is 24.3 Å². The second-order valence-electron chi connectivity index (χ2n) is 6.86. The number of nitrogens with one attached hydrogen (secondary N) is 1. The molecule has 1 aromatic carbocycles. The first kappa shape index (κ1) is 16.8. The van der Waals surface area contributed by atoms with Crippen molar-refractivity contribution >= 4 is 11.8 Å². The number of benzene rings is 1. The summed E-state index contributed by atoms with van der Waals surface area (Å²) in [4.78, 5) is 28.8. The maximum absolute atomic E-state index is 13.8. The van der Waals surface area contributed by atoms with Gasteiger partial charge in [0.2, 0.25) is 5.91 Å². The predicted octanol–water partition coefficient (Wildman–Crippen LogP) is 1.91. The Labute approximate surface area is 151 Å². The average Bonchev–Trinajstić information content (AvgIpc) is 3.32. The summed E-state index contributed by atoms with van der Waals surface area (Å²) < 4.78 is 13.8. The van der Waals surface area contributed by atoms with E-state index < -0.39 is 0 Å². The predicted molar refractivity (Wildman–Crippen MR) is 93.0 cm³/mol. The molecule has 26 heavy (non-hydrogen) atoms. The van der Waals surface area contributed by atoms with E-state index in [1.54, 1.807) is 23.1 Å². The van der Waals surface area contributed by atoms with Crippen molar-refractivity contribution in [2.45, 2.75) is 32.2 Å². The van der Waals surface area contributed by atoms with Gasteiger partial charge in [0.1, 0.15) is 5.82 Å². The number of nitrogens with zero attached hydrogens (tertiary/aromatic N) is 3. The van der Waals surface area contributed by atoms with Crippen LogP contribution in [-0.4, -0.2) is 51.4 Å². The van der Waals surface area contributed by atoms with Crippen LogP contribution in [0.1, 0.15) is 40.2 Å². The minimum absolute atomic E-state index is 0.0231. The van der Waals surface area contributed by atoms with Crippen molar-refractivity contribution in [3.63, 3.8) is 0 Å². The van der Waals surface area contributed by atoms with Crippen LogP contribution in [0.4, 0.5) is 4.39 Å². The number of likely N-dealkylation sites (tertiary alicyclic amines) is 1. The number of H-pyrrole nitrogens is 1. The number of hydrogen-bond donors (Lipinski definition) is 1. The van der Waals surface area contributed by atoms with Gasteiger partial charge in [-0.25, -0.2) is 4.39 Å². The number of fused-ring (bicyclic) bond motifs is 1. The van der Waals surface area contributed by atoms with Gasteiger partial charge in [0.15, 0.2) is 5.69 Å². The van der Waals surface area contributed by atoms with Gasteiger partial charge in [-0.3, -0.25) is 14.7 Å². The zero-order valence-electron chi connectivity index (χ0n) is 14.5. The molecule has 6 nitrogen and oxygen atoms in total. The lowest BCUT2D eigenvalue weighted by atomic mass is 10.0. The first-order valence-corrected chi connectivity index (χ1v) is 9.00. The number of aromatic nitrogens is 2. The third kappa shape index (κ3) is 3.09. The quantitative estimate of drug-likeness (QED) is 0.913. The van der Waals surface area contributed by atoms with Gasteiger partial charge < -0.3 is 9.80 Å². The molecule has 2 aliphatic rings. The number of halogens is 1. The van der Waals surface area contributed by atoms with Gasteiger partial charge in [0, 0.05) is 43.9 Å². The molecule has 7 heteroatoms. The minimum Gasteiger partial charge on any atom is -0.338 e. The SMILES string of the molecule is O=C(Cc1ccccc1F)N1CCc2[nH]nc(C(=O)N3CCCC3)c2C1. The Hall–Kier alpha value is -2.70. The number of carbonyl (C=O) groups is 2. The summed E-state index contributed by atoms with van der Waals surface area (Å²) in [5.41, 5.74) is 2.53. The third-order valence-corrected chi connectivity index (χ3v) is 5.18. The van der Waals surface area contributed by atoms with Crippen molar-refractivity contribution in [3.8, 4) is 0 Å². The topological polar surface area (TPSA) is 69.3 Å². The van der Waals surface area contributed by atoms with Crippen LogP contribution in [0.25, 0.3) is 0 Å². The van der Waals surface area contributed by atoms with E-state index in [1.165, 1.54) is 6.07 Å². The van der Waals surface area contributed by atoms with Gasteiger partial charge >= 0.3 is 0 Å². The van der Waals surface area contributed by atoms with Crippen LogP contribution in [0.2, 0.25) is 0 Å². The Morgan fingerprint density at radius 1 is 1.12 bits per heavy atom. The summed E-state index contributed by atoms with van der Waals surface area (Å²) in [7, 11) is 0. The first-order chi connectivity index (χ1) is 12.6. The van der Waals surface area contributed by atoms with E-state index in [2.05, 4.69) is 10.2 Å². The Morgan fingerprint density at radius 3 is 2.65 bits per heavy atom. The van der Waals surface area contributed by atoms with Crippen LogP contribution in [0.3, 0.4) is 0 Å². The summed E-state index contributed by atoms with van der Waals surface area (Å²) in [6.07, 6.45) is 2.69. The first-order valence-electron chi connectivity index (χ1n) is 9.00. The lowest BCUT2D eigenvalue weighted by molar-refractivity contribution is -0.131. The molecule has 1 N–H and O–H groups in total. The molecule has 0 aliphatic carbocycles. The summed E-state index contributed by atoms with van der Waals surface area (Å²) in [5, 5.41) is 7.17. The summed E-state index contributed by atoms with van der Waals surface area (Å²) in [6.45, 7) is 2.40. The van der Waals surface area contributed by atoms with Gasteiger partial charge in [-0.1, -0.05) is 18.2 Å². The Bertz CT molecular complexity index is 842. The molecule has 0 atom stereocenters. The lowest BCUT2D eigenvalue weighted by Gasteiger charge is -2.27. The molecule has 2 amide bonds. The fourth-order valence-corrected chi connectivity index (χ4v) is 3.67. The molecule has 4 rings (SSSR count). The van der Waals surface area contributed by atoms with Crippen LogP contribution in [-0.2, 0) is 24.2 Å². The number of amides is 2. The molecule has 0 saturated carbocycles. The van der Waals surface area contributed by atoms with E-state index in [9.17, 15) is 14.0 Å². The van der Waals surface area contributed by atoms with E-state index in [-0.39, 0.29) is 24.1 Å². The summed E-state index contributed by atoms with van der Waals surface area (Å²) >= 11 is 0. The van der Waals surface area contributed by atoms with Gasteiger partial charge in [-0.15, -0.1) is 0 Å². The monoisotopic (exact) mass is 356 g/mol. The Balaban J connectivity index is 1.50. The highest BCUT2D eigenvalue weighted by molar-refractivity contribution is 5.94. The van der Waals surface area contributed by atoms with Crippen LogP contribution >= 0.6 is 0 Å².